The molecule has 0 saturated carbocycles. The van der Waals surface area contributed by atoms with Crippen molar-refractivity contribution < 1.29 is 4.79 Å². The molecule has 6 heteroatoms. The van der Waals surface area contributed by atoms with Gasteiger partial charge in [-0.25, -0.2) is 4.98 Å². The number of nitrogens with one attached hydrogen (secondary N) is 1. The molecule has 4 nitrogen and oxygen atoms in total. The highest BCUT2D eigenvalue weighted by Crippen LogP contribution is 2.09. The van der Waals surface area contributed by atoms with Crippen molar-refractivity contribution in [3.63, 3.8) is 0 Å². The molecule has 2 heterocycles. The number of halogens is 2. The van der Waals surface area contributed by atoms with Gasteiger partial charge in [0.25, 0.3) is 5.91 Å². The average Bonchev–Trinajstić information content (AvgIpc) is 2.29. The second-order valence-corrected chi connectivity index (χ2v) is 4.22. The molecule has 0 spiro atoms. The first-order chi connectivity index (χ1) is 7.68. The van der Waals surface area contributed by atoms with Crippen LogP contribution in [0.1, 0.15) is 23.1 Å². The Morgan fingerprint density at radius 1 is 1.44 bits per heavy atom. The Kier molecular flexibility index (Phi) is 7.21. The fourth-order valence-electron chi connectivity index (χ4n) is 1.95. The summed E-state index contributed by atoms with van der Waals surface area (Å²) < 4.78 is 0. The highest BCUT2D eigenvalue weighted by molar-refractivity contribution is 5.92. The van der Waals surface area contributed by atoms with Crippen molar-refractivity contribution in [2.45, 2.75) is 19.9 Å². The topological polar surface area (TPSA) is 45.2 Å². The van der Waals surface area contributed by atoms with Crippen LogP contribution in [-0.4, -0.2) is 41.5 Å². The summed E-state index contributed by atoms with van der Waals surface area (Å²) in [7, 11) is 0. The highest BCUT2D eigenvalue weighted by Gasteiger charge is 2.24. The molecule has 1 aromatic heterocycles. The molecular formula is C12H19Cl2N3O. The first-order valence-corrected chi connectivity index (χ1v) is 5.64. The Morgan fingerprint density at radius 2 is 2.17 bits per heavy atom. The zero-order chi connectivity index (χ0) is 11.5. The number of pyridine rings is 1. The molecule has 1 fully saturated rings. The number of aromatic nitrogens is 1. The van der Waals surface area contributed by atoms with Crippen LogP contribution in [0.25, 0.3) is 0 Å². The molecule has 1 N–H and O–H groups in total. The maximum absolute atomic E-state index is 12.2. The van der Waals surface area contributed by atoms with Crippen LogP contribution >= 0.6 is 24.8 Å². The van der Waals surface area contributed by atoms with Gasteiger partial charge >= 0.3 is 0 Å². The number of carbonyl (C=O) groups excluding carboxylic acids is 1. The van der Waals surface area contributed by atoms with E-state index in [1.54, 1.807) is 6.07 Å². The largest absolute Gasteiger partial charge is 0.332 e. The fraction of sp³-hybridized carbons (Fsp3) is 0.500. The molecule has 2 rings (SSSR count). The third-order valence-electron chi connectivity index (χ3n) is 2.87. The third kappa shape index (κ3) is 3.83. The van der Waals surface area contributed by atoms with Gasteiger partial charge in [0.2, 0.25) is 0 Å². The molecule has 0 aliphatic carbocycles. The second kappa shape index (κ2) is 7.56. The van der Waals surface area contributed by atoms with Gasteiger partial charge in [-0.15, -0.1) is 24.8 Å². The number of rotatable bonds is 1. The van der Waals surface area contributed by atoms with Crippen molar-refractivity contribution in [1.29, 1.82) is 0 Å². The summed E-state index contributed by atoms with van der Waals surface area (Å²) >= 11 is 0. The number of amides is 1. The van der Waals surface area contributed by atoms with E-state index in [1.165, 1.54) is 0 Å². The number of hydrogen-bond acceptors (Lipinski definition) is 3. The number of nitrogens with zero attached hydrogens (tertiary/aromatic N) is 2. The van der Waals surface area contributed by atoms with Crippen LogP contribution in [0.15, 0.2) is 18.2 Å². The monoisotopic (exact) mass is 291 g/mol. The molecule has 18 heavy (non-hydrogen) atoms. The zero-order valence-electron chi connectivity index (χ0n) is 10.5. The number of hydrogen-bond donors (Lipinski definition) is 1. The molecule has 0 bridgehead atoms. The first-order valence-electron chi connectivity index (χ1n) is 5.64. The smallest absolute Gasteiger partial charge is 0.272 e. The van der Waals surface area contributed by atoms with Gasteiger partial charge in [0.1, 0.15) is 5.69 Å². The minimum atomic E-state index is 0. The highest BCUT2D eigenvalue weighted by atomic mass is 35.5. The van der Waals surface area contributed by atoms with Gasteiger partial charge in [0.05, 0.1) is 0 Å². The molecule has 1 aliphatic heterocycles. The van der Waals surface area contributed by atoms with Crippen LogP contribution < -0.4 is 5.32 Å². The van der Waals surface area contributed by atoms with Gasteiger partial charge in [-0.1, -0.05) is 6.07 Å². The van der Waals surface area contributed by atoms with E-state index in [-0.39, 0.29) is 36.8 Å². The van der Waals surface area contributed by atoms with E-state index in [0.29, 0.717) is 5.69 Å². The van der Waals surface area contributed by atoms with E-state index >= 15 is 0 Å². The Labute approximate surface area is 120 Å². The predicted molar refractivity (Wildman–Crippen MR) is 76.8 cm³/mol. The average molecular weight is 292 g/mol. The molecule has 1 aliphatic rings. The molecule has 0 radical (unpaired) electrons. The molecular weight excluding hydrogens is 273 g/mol. The van der Waals surface area contributed by atoms with Crippen molar-refractivity contribution in [2.24, 2.45) is 0 Å². The van der Waals surface area contributed by atoms with Crippen molar-refractivity contribution >= 4 is 30.7 Å². The Hall–Kier alpha value is -0.840. The van der Waals surface area contributed by atoms with E-state index < -0.39 is 0 Å². The summed E-state index contributed by atoms with van der Waals surface area (Å²) in [5, 5.41) is 3.27. The Morgan fingerprint density at radius 3 is 2.78 bits per heavy atom. The fourth-order valence-corrected chi connectivity index (χ4v) is 1.95. The summed E-state index contributed by atoms with van der Waals surface area (Å²) in [5.74, 6) is 0.0395. The number of carbonyl (C=O) groups is 1. The van der Waals surface area contributed by atoms with Crippen molar-refractivity contribution in [3.8, 4) is 0 Å². The minimum Gasteiger partial charge on any atom is -0.332 e. The molecule has 1 aromatic rings. The molecule has 1 atom stereocenters. The number of aryl methyl sites for hydroxylation is 1. The summed E-state index contributed by atoms with van der Waals surface area (Å²) in [6.07, 6.45) is 0. The molecule has 1 amide bonds. The molecule has 0 unspecified atom stereocenters. The van der Waals surface area contributed by atoms with Gasteiger partial charge in [0, 0.05) is 31.4 Å². The van der Waals surface area contributed by atoms with Gasteiger partial charge < -0.3 is 10.2 Å². The maximum atomic E-state index is 12.2. The van der Waals surface area contributed by atoms with Crippen LogP contribution in [0, 0.1) is 6.92 Å². The molecule has 102 valence electrons. The quantitative estimate of drug-likeness (QED) is 0.856. The van der Waals surface area contributed by atoms with E-state index in [0.717, 1.165) is 25.3 Å². The van der Waals surface area contributed by atoms with Gasteiger partial charge in [-0.2, -0.15) is 0 Å². The van der Waals surface area contributed by atoms with E-state index in [9.17, 15) is 4.79 Å². The summed E-state index contributed by atoms with van der Waals surface area (Å²) in [6, 6.07) is 5.80. The lowest BCUT2D eigenvalue weighted by Gasteiger charge is -2.33. The van der Waals surface area contributed by atoms with Crippen molar-refractivity contribution in [1.82, 2.24) is 15.2 Å². The normalized spacial score (nSPS) is 18.6. The van der Waals surface area contributed by atoms with E-state index in [4.69, 9.17) is 0 Å². The Balaban J connectivity index is 0.00000144. The van der Waals surface area contributed by atoms with Crippen molar-refractivity contribution in [3.05, 3.63) is 29.6 Å². The zero-order valence-corrected chi connectivity index (χ0v) is 12.2. The minimum absolute atomic E-state index is 0. The lowest BCUT2D eigenvalue weighted by atomic mass is 10.2. The van der Waals surface area contributed by atoms with Crippen LogP contribution in [0.3, 0.4) is 0 Å². The van der Waals surface area contributed by atoms with Crippen molar-refractivity contribution in [2.75, 3.05) is 19.6 Å². The van der Waals surface area contributed by atoms with E-state index in [1.807, 2.05) is 24.0 Å². The Bertz CT molecular complexity index is 401. The summed E-state index contributed by atoms with van der Waals surface area (Å²) in [4.78, 5) is 18.4. The van der Waals surface area contributed by atoms with E-state index in [2.05, 4.69) is 17.2 Å². The van der Waals surface area contributed by atoms with Gasteiger partial charge in [0.15, 0.2) is 0 Å². The molecule has 0 aromatic carbocycles. The van der Waals surface area contributed by atoms with Gasteiger partial charge in [-0.3, -0.25) is 4.79 Å². The lowest BCUT2D eigenvalue weighted by molar-refractivity contribution is 0.0649. The van der Waals surface area contributed by atoms with Crippen LogP contribution in [-0.2, 0) is 0 Å². The predicted octanol–water partition coefficient (Wildman–Crippen LogP) is 1.67. The summed E-state index contributed by atoms with van der Waals surface area (Å²) in [5.41, 5.74) is 1.43. The maximum Gasteiger partial charge on any atom is 0.272 e. The summed E-state index contributed by atoms with van der Waals surface area (Å²) in [6.45, 7) is 6.44. The van der Waals surface area contributed by atoms with Crippen LogP contribution in [0.4, 0.5) is 0 Å². The first kappa shape index (κ1) is 17.2. The van der Waals surface area contributed by atoms with Gasteiger partial charge in [-0.05, 0) is 26.0 Å². The SMILES string of the molecule is Cc1cccc(C(=O)N2CCNC[C@@H]2C)n1.Cl.Cl. The second-order valence-electron chi connectivity index (χ2n) is 4.22. The van der Waals surface area contributed by atoms with Crippen LogP contribution in [0.5, 0.6) is 0 Å². The lowest BCUT2D eigenvalue weighted by Crippen LogP contribution is -2.52. The standard InChI is InChI=1S/C12H17N3O.2ClH/c1-9-4-3-5-11(14-9)12(16)15-7-6-13-8-10(15)2;;/h3-5,10,13H,6-8H2,1-2H3;2*1H/t10-;;/m0../s1. The van der Waals surface area contributed by atoms with Crippen LogP contribution in [0.2, 0.25) is 0 Å². The number of piperazine rings is 1. The molecule has 1 saturated heterocycles. The third-order valence-corrected chi connectivity index (χ3v) is 2.87.